The molecule has 0 bridgehead atoms. The summed E-state index contributed by atoms with van der Waals surface area (Å²) in [4.78, 5) is 0. The van der Waals surface area contributed by atoms with Crippen LogP contribution in [0.5, 0.6) is 0 Å². The molecule has 62 valence electrons. The molecular formula is C6H14O3S. The maximum Gasteiger partial charge on any atom is 0.0700 e. The molecule has 0 aromatic heterocycles. The zero-order chi connectivity index (χ0) is 7.82. The highest BCUT2D eigenvalue weighted by Gasteiger charge is 1.98. The second-order valence-electron chi connectivity index (χ2n) is 1.90. The van der Waals surface area contributed by atoms with E-state index in [9.17, 15) is 0 Å². The molecule has 0 heterocycles. The number of thiol groups is 1. The van der Waals surface area contributed by atoms with E-state index in [4.69, 9.17) is 14.6 Å². The summed E-state index contributed by atoms with van der Waals surface area (Å²) in [6, 6.07) is 0. The van der Waals surface area contributed by atoms with Crippen LogP contribution in [-0.2, 0) is 9.47 Å². The van der Waals surface area contributed by atoms with Gasteiger partial charge in [0.15, 0.2) is 0 Å². The van der Waals surface area contributed by atoms with Gasteiger partial charge >= 0.3 is 0 Å². The number of ether oxygens (including phenoxy) is 2. The number of methoxy groups -OCH3 is 1. The summed E-state index contributed by atoms with van der Waals surface area (Å²) in [5.74, 6) is 0. The zero-order valence-corrected chi connectivity index (χ0v) is 7.01. The molecule has 0 aromatic carbocycles. The standard InChI is InChI=1S/C6H14O3S/c1-8-2-3-9-5-6(10)4-7/h6-7,10H,2-5H2,1H3. The molecule has 0 aliphatic rings. The second kappa shape index (κ2) is 7.34. The van der Waals surface area contributed by atoms with Crippen LogP contribution in [0.3, 0.4) is 0 Å². The molecule has 1 unspecified atom stereocenters. The van der Waals surface area contributed by atoms with E-state index in [0.717, 1.165) is 0 Å². The van der Waals surface area contributed by atoms with Gasteiger partial charge in [0.25, 0.3) is 0 Å². The van der Waals surface area contributed by atoms with Crippen LogP contribution in [0.25, 0.3) is 0 Å². The van der Waals surface area contributed by atoms with Crippen molar-refractivity contribution in [2.24, 2.45) is 0 Å². The van der Waals surface area contributed by atoms with Gasteiger partial charge in [-0.3, -0.25) is 0 Å². The Labute approximate surface area is 66.7 Å². The van der Waals surface area contributed by atoms with Gasteiger partial charge in [0.2, 0.25) is 0 Å². The van der Waals surface area contributed by atoms with E-state index in [-0.39, 0.29) is 11.9 Å². The van der Waals surface area contributed by atoms with Gasteiger partial charge in [-0.05, 0) is 0 Å². The van der Waals surface area contributed by atoms with Gasteiger partial charge in [0.05, 0.1) is 26.4 Å². The third-order valence-corrected chi connectivity index (χ3v) is 1.27. The smallest absolute Gasteiger partial charge is 0.0700 e. The Morgan fingerprint density at radius 1 is 1.50 bits per heavy atom. The van der Waals surface area contributed by atoms with Gasteiger partial charge in [-0.25, -0.2) is 0 Å². The van der Waals surface area contributed by atoms with Crippen molar-refractivity contribution >= 4 is 12.6 Å². The SMILES string of the molecule is COCCOCC(S)CO. The van der Waals surface area contributed by atoms with Crippen LogP contribution in [0.1, 0.15) is 0 Å². The fourth-order valence-electron chi connectivity index (χ4n) is 0.414. The predicted octanol–water partition coefficient (Wildman–Crippen LogP) is -0.0599. The summed E-state index contributed by atoms with van der Waals surface area (Å²) in [7, 11) is 1.62. The monoisotopic (exact) mass is 166 g/mol. The Bertz CT molecular complexity index is 70.0. The van der Waals surface area contributed by atoms with E-state index in [1.54, 1.807) is 7.11 Å². The van der Waals surface area contributed by atoms with Crippen molar-refractivity contribution in [2.45, 2.75) is 5.25 Å². The molecule has 1 N–H and O–H groups in total. The number of aliphatic hydroxyl groups excluding tert-OH is 1. The quantitative estimate of drug-likeness (QED) is 0.429. The lowest BCUT2D eigenvalue weighted by atomic mass is 10.5. The molecule has 3 nitrogen and oxygen atoms in total. The Hall–Kier alpha value is 0.230. The lowest BCUT2D eigenvalue weighted by Gasteiger charge is -2.06. The highest BCUT2D eigenvalue weighted by atomic mass is 32.1. The van der Waals surface area contributed by atoms with E-state index >= 15 is 0 Å². The summed E-state index contributed by atoms with van der Waals surface area (Å²) in [6.45, 7) is 1.68. The van der Waals surface area contributed by atoms with E-state index in [2.05, 4.69) is 12.6 Å². The van der Waals surface area contributed by atoms with Gasteiger partial charge in [0, 0.05) is 12.4 Å². The van der Waals surface area contributed by atoms with Crippen LogP contribution in [0.15, 0.2) is 0 Å². The van der Waals surface area contributed by atoms with Crippen molar-refractivity contribution in [2.75, 3.05) is 33.5 Å². The minimum absolute atomic E-state index is 0.0517. The lowest BCUT2D eigenvalue weighted by Crippen LogP contribution is -2.15. The van der Waals surface area contributed by atoms with Crippen molar-refractivity contribution in [3.05, 3.63) is 0 Å². The Morgan fingerprint density at radius 2 is 2.20 bits per heavy atom. The van der Waals surface area contributed by atoms with Crippen LogP contribution >= 0.6 is 12.6 Å². The average Bonchev–Trinajstić information content (AvgIpc) is 1.98. The first-order chi connectivity index (χ1) is 4.81. The number of hydrogen-bond acceptors (Lipinski definition) is 4. The average molecular weight is 166 g/mol. The van der Waals surface area contributed by atoms with E-state index in [1.165, 1.54) is 0 Å². The summed E-state index contributed by atoms with van der Waals surface area (Å²) in [5.41, 5.74) is 0. The molecular weight excluding hydrogens is 152 g/mol. The number of aliphatic hydroxyl groups is 1. The number of rotatable bonds is 6. The molecule has 10 heavy (non-hydrogen) atoms. The highest BCUT2D eigenvalue weighted by Crippen LogP contribution is 1.92. The van der Waals surface area contributed by atoms with Gasteiger partial charge < -0.3 is 14.6 Å². The van der Waals surface area contributed by atoms with Crippen LogP contribution in [0.4, 0.5) is 0 Å². The Kier molecular flexibility index (Phi) is 7.51. The highest BCUT2D eigenvalue weighted by molar-refractivity contribution is 7.81. The molecule has 0 fully saturated rings. The molecule has 4 heteroatoms. The normalized spacial score (nSPS) is 13.5. The molecule has 0 saturated heterocycles. The fourth-order valence-corrected chi connectivity index (χ4v) is 0.520. The van der Waals surface area contributed by atoms with Crippen molar-refractivity contribution in [1.29, 1.82) is 0 Å². The summed E-state index contributed by atoms with van der Waals surface area (Å²) in [6.07, 6.45) is 0. The van der Waals surface area contributed by atoms with Crippen LogP contribution in [0, 0.1) is 0 Å². The third kappa shape index (κ3) is 6.35. The molecule has 1 atom stereocenters. The lowest BCUT2D eigenvalue weighted by molar-refractivity contribution is 0.0657. The van der Waals surface area contributed by atoms with Gasteiger partial charge in [-0.15, -0.1) is 0 Å². The first-order valence-corrected chi connectivity index (χ1v) is 3.68. The van der Waals surface area contributed by atoms with E-state index < -0.39 is 0 Å². The van der Waals surface area contributed by atoms with Crippen LogP contribution < -0.4 is 0 Å². The molecule has 0 aliphatic heterocycles. The summed E-state index contributed by atoms with van der Waals surface area (Å²) >= 11 is 4.02. The summed E-state index contributed by atoms with van der Waals surface area (Å²) < 4.78 is 9.81. The molecule has 0 spiro atoms. The fraction of sp³-hybridized carbons (Fsp3) is 1.00. The van der Waals surface area contributed by atoms with E-state index in [0.29, 0.717) is 19.8 Å². The first-order valence-electron chi connectivity index (χ1n) is 3.17. The Balaban J connectivity index is 2.89. The molecule has 0 radical (unpaired) electrons. The Morgan fingerprint density at radius 3 is 2.70 bits per heavy atom. The topological polar surface area (TPSA) is 38.7 Å². The first kappa shape index (κ1) is 10.2. The molecule has 0 aromatic rings. The largest absolute Gasteiger partial charge is 0.395 e. The summed E-state index contributed by atoms with van der Waals surface area (Å²) in [5, 5.41) is 8.43. The minimum Gasteiger partial charge on any atom is -0.395 e. The molecule has 0 saturated carbocycles. The van der Waals surface area contributed by atoms with Gasteiger partial charge in [-0.2, -0.15) is 12.6 Å². The maximum atomic E-state index is 8.50. The predicted molar refractivity (Wildman–Crippen MR) is 42.6 cm³/mol. The molecule has 0 rings (SSSR count). The molecule has 0 amide bonds. The third-order valence-electron chi connectivity index (χ3n) is 0.953. The van der Waals surface area contributed by atoms with Crippen LogP contribution in [0.2, 0.25) is 0 Å². The van der Waals surface area contributed by atoms with Crippen molar-refractivity contribution in [3.8, 4) is 0 Å². The minimum atomic E-state index is -0.0724. The van der Waals surface area contributed by atoms with Gasteiger partial charge in [-0.1, -0.05) is 0 Å². The zero-order valence-electron chi connectivity index (χ0n) is 6.12. The number of hydrogen-bond donors (Lipinski definition) is 2. The molecule has 0 aliphatic carbocycles. The maximum absolute atomic E-state index is 8.50. The van der Waals surface area contributed by atoms with Crippen LogP contribution in [-0.4, -0.2) is 43.9 Å². The second-order valence-corrected chi connectivity index (χ2v) is 2.63. The van der Waals surface area contributed by atoms with Gasteiger partial charge in [0.1, 0.15) is 0 Å². The van der Waals surface area contributed by atoms with Crippen molar-refractivity contribution in [3.63, 3.8) is 0 Å². The van der Waals surface area contributed by atoms with E-state index in [1.807, 2.05) is 0 Å². The van der Waals surface area contributed by atoms with Crippen molar-refractivity contribution in [1.82, 2.24) is 0 Å². The van der Waals surface area contributed by atoms with Crippen molar-refractivity contribution < 1.29 is 14.6 Å².